The van der Waals surface area contributed by atoms with Crippen LogP contribution in [-0.2, 0) is 0 Å². The van der Waals surface area contributed by atoms with E-state index in [4.69, 9.17) is 11.6 Å². The number of rotatable bonds is 4. The fourth-order valence-corrected chi connectivity index (χ4v) is 3.67. The van der Waals surface area contributed by atoms with Gasteiger partial charge in [-0.2, -0.15) is 5.10 Å². The molecule has 0 amide bonds. The number of aromatic amines is 1. The van der Waals surface area contributed by atoms with Crippen molar-refractivity contribution in [3.05, 3.63) is 60.4 Å². The van der Waals surface area contributed by atoms with Crippen LogP contribution in [0.1, 0.15) is 31.2 Å². The van der Waals surface area contributed by atoms with Gasteiger partial charge in [0.15, 0.2) is 0 Å². The van der Waals surface area contributed by atoms with Gasteiger partial charge in [0.05, 0.1) is 17.4 Å². The molecule has 0 saturated heterocycles. The maximum absolute atomic E-state index is 6.34. The molecule has 5 heteroatoms. The maximum Gasteiger partial charge on any atom is 0.0747 e. The van der Waals surface area contributed by atoms with Gasteiger partial charge >= 0.3 is 0 Å². The molecule has 128 valence electrons. The summed E-state index contributed by atoms with van der Waals surface area (Å²) in [5, 5.41) is 10.0. The molecule has 1 aromatic heterocycles. The third-order valence-corrected chi connectivity index (χ3v) is 5.11. The molecule has 0 radical (unpaired) electrons. The SMILES string of the molecule is N/C=C(/c1ccc(-c2ccc3[nH]ncc3c2)cc1)N(N)C1CCCC1. The Bertz CT molecular complexity index is 888. The van der Waals surface area contributed by atoms with Crippen molar-refractivity contribution in [2.45, 2.75) is 31.7 Å². The number of nitrogens with one attached hydrogen (secondary N) is 1. The van der Waals surface area contributed by atoms with E-state index in [-0.39, 0.29) is 0 Å². The smallest absolute Gasteiger partial charge is 0.0747 e. The number of nitrogens with zero attached hydrogens (tertiary/aromatic N) is 2. The maximum atomic E-state index is 6.34. The summed E-state index contributed by atoms with van der Waals surface area (Å²) in [4.78, 5) is 0. The number of aromatic nitrogens is 2. The second kappa shape index (κ2) is 6.61. The van der Waals surface area contributed by atoms with Crippen LogP contribution in [-0.4, -0.2) is 21.2 Å². The van der Waals surface area contributed by atoms with Gasteiger partial charge < -0.3 is 10.7 Å². The number of hydrogen-bond acceptors (Lipinski definition) is 4. The van der Waals surface area contributed by atoms with E-state index < -0.39 is 0 Å². The van der Waals surface area contributed by atoms with Crippen LogP contribution in [0.25, 0.3) is 27.7 Å². The molecule has 0 bridgehead atoms. The van der Waals surface area contributed by atoms with Gasteiger partial charge in [-0.15, -0.1) is 0 Å². The van der Waals surface area contributed by atoms with Crippen molar-refractivity contribution in [1.29, 1.82) is 0 Å². The van der Waals surface area contributed by atoms with E-state index in [9.17, 15) is 0 Å². The van der Waals surface area contributed by atoms with Crippen molar-refractivity contribution in [3.8, 4) is 11.1 Å². The molecule has 25 heavy (non-hydrogen) atoms. The molecule has 4 rings (SSSR count). The van der Waals surface area contributed by atoms with E-state index in [0.717, 1.165) is 40.6 Å². The summed E-state index contributed by atoms with van der Waals surface area (Å²) in [5.74, 6) is 6.34. The Hall–Kier alpha value is -2.79. The molecule has 0 spiro atoms. The molecule has 0 unspecified atom stereocenters. The average molecular weight is 333 g/mol. The van der Waals surface area contributed by atoms with Crippen LogP contribution in [0.3, 0.4) is 0 Å². The molecule has 1 saturated carbocycles. The minimum atomic E-state index is 0.387. The highest BCUT2D eigenvalue weighted by Crippen LogP contribution is 2.29. The van der Waals surface area contributed by atoms with Crippen molar-refractivity contribution < 1.29 is 0 Å². The molecule has 0 atom stereocenters. The summed E-state index contributed by atoms with van der Waals surface area (Å²) in [7, 11) is 0. The van der Waals surface area contributed by atoms with Gasteiger partial charge in [0.1, 0.15) is 0 Å². The normalized spacial score (nSPS) is 15.8. The summed E-state index contributed by atoms with van der Waals surface area (Å²) in [6.45, 7) is 0. The molecule has 5 nitrogen and oxygen atoms in total. The quantitative estimate of drug-likeness (QED) is 0.503. The number of nitrogens with two attached hydrogens (primary N) is 2. The highest BCUT2D eigenvalue weighted by atomic mass is 15.4. The first kappa shape index (κ1) is 15.7. The van der Waals surface area contributed by atoms with E-state index in [1.165, 1.54) is 18.4 Å². The Balaban J connectivity index is 1.60. The van der Waals surface area contributed by atoms with Crippen molar-refractivity contribution in [3.63, 3.8) is 0 Å². The molecule has 2 aromatic carbocycles. The third kappa shape index (κ3) is 2.98. The molecule has 1 fully saturated rings. The zero-order chi connectivity index (χ0) is 17.2. The van der Waals surface area contributed by atoms with E-state index in [2.05, 4.69) is 52.7 Å². The Kier molecular flexibility index (Phi) is 4.15. The summed E-state index contributed by atoms with van der Waals surface area (Å²) in [5.41, 5.74) is 11.2. The third-order valence-electron chi connectivity index (χ3n) is 5.11. The molecular weight excluding hydrogens is 310 g/mol. The molecule has 1 heterocycles. The molecule has 5 N–H and O–H groups in total. The second-order valence-electron chi connectivity index (χ2n) is 6.65. The van der Waals surface area contributed by atoms with Gasteiger partial charge in [-0.25, -0.2) is 5.84 Å². The Morgan fingerprint density at radius 1 is 1.08 bits per heavy atom. The Morgan fingerprint density at radius 3 is 2.52 bits per heavy atom. The van der Waals surface area contributed by atoms with Crippen LogP contribution in [0.2, 0.25) is 0 Å². The summed E-state index contributed by atoms with van der Waals surface area (Å²) >= 11 is 0. The lowest BCUT2D eigenvalue weighted by Crippen LogP contribution is -2.38. The van der Waals surface area contributed by atoms with Crippen molar-refractivity contribution in [2.24, 2.45) is 11.6 Å². The van der Waals surface area contributed by atoms with Crippen molar-refractivity contribution in [1.82, 2.24) is 15.2 Å². The topological polar surface area (TPSA) is 84.0 Å². The highest BCUT2D eigenvalue weighted by Gasteiger charge is 2.22. The average Bonchev–Trinajstić information content (AvgIpc) is 3.34. The van der Waals surface area contributed by atoms with Gasteiger partial charge in [-0.3, -0.25) is 5.10 Å². The highest BCUT2D eigenvalue weighted by molar-refractivity contribution is 5.84. The molecule has 3 aromatic rings. The van der Waals surface area contributed by atoms with Gasteiger partial charge in [-0.05, 0) is 36.1 Å². The number of hydrogen-bond donors (Lipinski definition) is 3. The lowest BCUT2D eigenvalue weighted by Gasteiger charge is -2.28. The number of H-pyrrole nitrogens is 1. The van der Waals surface area contributed by atoms with Gasteiger partial charge in [0, 0.05) is 23.2 Å². The standard InChI is InChI=1S/C20H23N5/c21-12-20(25(22)18-3-1-2-4-18)15-7-5-14(6-8-15)16-9-10-19-17(11-16)13-23-24-19/h5-13,18H,1-4,21-22H2,(H,23,24)/b20-12-. The zero-order valence-corrected chi connectivity index (χ0v) is 14.2. The van der Waals surface area contributed by atoms with Crippen LogP contribution in [0.15, 0.2) is 54.9 Å². The fraction of sp³-hybridized carbons (Fsp3) is 0.250. The molecular formula is C20H23N5. The van der Waals surface area contributed by atoms with E-state index in [1.807, 2.05) is 11.2 Å². The lowest BCUT2D eigenvalue weighted by atomic mass is 10.0. The van der Waals surface area contributed by atoms with Crippen molar-refractivity contribution >= 4 is 16.6 Å². The predicted molar refractivity (Wildman–Crippen MR) is 102 cm³/mol. The Morgan fingerprint density at radius 2 is 1.80 bits per heavy atom. The minimum absolute atomic E-state index is 0.387. The van der Waals surface area contributed by atoms with E-state index >= 15 is 0 Å². The minimum Gasteiger partial charge on any atom is -0.403 e. The van der Waals surface area contributed by atoms with Gasteiger partial charge in [-0.1, -0.05) is 43.2 Å². The summed E-state index contributed by atoms with van der Waals surface area (Å²) in [6.07, 6.45) is 8.21. The lowest BCUT2D eigenvalue weighted by molar-refractivity contribution is 0.306. The molecule has 1 aliphatic rings. The number of benzene rings is 2. The number of fused-ring (bicyclic) bond motifs is 1. The number of hydrazine groups is 1. The van der Waals surface area contributed by atoms with Gasteiger partial charge in [0.2, 0.25) is 0 Å². The van der Waals surface area contributed by atoms with E-state index in [0.29, 0.717) is 6.04 Å². The van der Waals surface area contributed by atoms with E-state index in [1.54, 1.807) is 6.20 Å². The van der Waals surface area contributed by atoms with Crippen LogP contribution < -0.4 is 11.6 Å². The van der Waals surface area contributed by atoms with Crippen LogP contribution >= 0.6 is 0 Å². The molecule has 0 aliphatic heterocycles. The Labute approximate surface area is 147 Å². The first-order valence-corrected chi connectivity index (χ1v) is 8.76. The first-order chi connectivity index (χ1) is 12.3. The van der Waals surface area contributed by atoms with Gasteiger partial charge in [0.25, 0.3) is 0 Å². The zero-order valence-electron chi connectivity index (χ0n) is 14.2. The van der Waals surface area contributed by atoms with Crippen LogP contribution in [0.4, 0.5) is 0 Å². The van der Waals surface area contributed by atoms with Crippen molar-refractivity contribution in [2.75, 3.05) is 0 Å². The van der Waals surface area contributed by atoms with Crippen LogP contribution in [0.5, 0.6) is 0 Å². The largest absolute Gasteiger partial charge is 0.403 e. The summed E-state index contributed by atoms with van der Waals surface area (Å²) < 4.78 is 0. The fourth-order valence-electron chi connectivity index (χ4n) is 3.67. The predicted octanol–water partition coefficient (Wildman–Crippen LogP) is 3.61. The second-order valence-corrected chi connectivity index (χ2v) is 6.65. The monoisotopic (exact) mass is 333 g/mol. The van der Waals surface area contributed by atoms with Crippen LogP contribution in [0, 0.1) is 0 Å². The summed E-state index contributed by atoms with van der Waals surface area (Å²) in [6, 6.07) is 15.1. The first-order valence-electron chi connectivity index (χ1n) is 8.76. The molecule has 1 aliphatic carbocycles.